The monoisotopic (exact) mass is 1150 g/mol. The molecule has 0 spiro atoms. The van der Waals surface area contributed by atoms with Crippen LogP contribution in [0.1, 0.15) is 0 Å². The van der Waals surface area contributed by atoms with E-state index >= 15 is 0 Å². The zero-order valence-corrected chi connectivity index (χ0v) is 41.7. The molecule has 0 amide bonds. The Morgan fingerprint density at radius 3 is 1.24 bits per heavy atom. The lowest BCUT2D eigenvalue weighted by atomic mass is 10.1. The molecule has 13 N–H and O–H groups in total. The van der Waals surface area contributed by atoms with Crippen LogP contribution in [0, 0.1) is 0 Å². The fourth-order valence-corrected chi connectivity index (χ4v) is 9.38. The number of hydrogen-bond acceptors (Lipinski definition) is 28. The van der Waals surface area contributed by atoms with Gasteiger partial charge in [-0.05, 0) is 77.1 Å². The molecule has 32 nitrogen and oxygen atoms in total. The fraction of sp³-hybridized carbons (Fsp3) is 0.222. The Morgan fingerprint density at radius 2 is 0.878 bits per heavy atom. The number of nitrogens with two attached hydrogens (primary N) is 1. The van der Waals surface area contributed by atoms with Crippen LogP contribution in [-0.4, -0.2) is 160 Å². The summed E-state index contributed by atoms with van der Waals surface area (Å²) in [5.41, 5.74) is 1.30. The molecule has 396 valence electrons. The number of nitrogens with zero attached hydrogens (tertiary/aromatic N) is 12. The van der Waals surface area contributed by atoms with Crippen LogP contribution in [-0.2, 0) is 40.5 Å². The van der Waals surface area contributed by atoms with Crippen LogP contribution in [0.5, 0.6) is 5.75 Å². The molecule has 0 unspecified atom stereocenters. The van der Waals surface area contributed by atoms with Gasteiger partial charge in [-0.1, -0.05) is 0 Å². The first-order valence-corrected chi connectivity index (χ1v) is 26.6. The average Bonchev–Trinajstić information content (AvgIpc) is 3.29. The van der Waals surface area contributed by atoms with Gasteiger partial charge in [-0.15, -0.1) is 20.5 Å². The minimum atomic E-state index is -5.53. The molecule has 2 aromatic heterocycles. The second kappa shape index (κ2) is 22.8. The number of nitrogen functional groups attached to an aromatic ring is 1. The van der Waals surface area contributed by atoms with Crippen molar-refractivity contribution in [2.75, 3.05) is 78.8 Å². The van der Waals surface area contributed by atoms with E-state index in [1.54, 1.807) is 0 Å². The molecule has 6 aromatic rings. The number of phenols is 1. The molecule has 4 aromatic carbocycles. The quantitative estimate of drug-likeness (QED) is 0.0264. The van der Waals surface area contributed by atoms with Crippen LogP contribution in [0.25, 0.3) is 10.8 Å². The molecule has 74 heavy (non-hydrogen) atoms. The van der Waals surface area contributed by atoms with Crippen LogP contribution < -0.4 is 26.2 Å². The Bertz CT molecular complexity index is 3430. The van der Waals surface area contributed by atoms with Gasteiger partial charge in [0.2, 0.25) is 34.4 Å². The molecule has 2 heterocycles. The third kappa shape index (κ3) is 13.5. The molecule has 0 saturated heterocycles. The van der Waals surface area contributed by atoms with Crippen LogP contribution in [0.2, 0.25) is 10.6 Å². The number of rotatable bonds is 22. The summed E-state index contributed by atoms with van der Waals surface area (Å²) in [6.45, 7) is -1.71. The number of nitrogens with one attached hydrogen (secondary N) is 2. The van der Waals surface area contributed by atoms with E-state index < -0.39 is 105 Å². The highest BCUT2D eigenvalue weighted by molar-refractivity contribution is 7.86. The number of aromatic nitrogens is 6. The van der Waals surface area contributed by atoms with Crippen LogP contribution in [0.15, 0.2) is 88.6 Å². The van der Waals surface area contributed by atoms with Gasteiger partial charge in [0.25, 0.3) is 40.5 Å². The van der Waals surface area contributed by atoms with Gasteiger partial charge in [0.1, 0.15) is 42.3 Å². The van der Waals surface area contributed by atoms with Gasteiger partial charge in [0.15, 0.2) is 5.75 Å². The Kier molecular flexibility index (Phi) is 17.4. The minimum absolute atomic E-state index is 0.0449. The summed E-state index contributed by atoms with van der Waals surface area (Å²) in [4.78, 5) is 22.2. The fourth-order valence-electron chi connectivity index (χ4n) is 6.53. The number of fused-ring (bicyclic) bond motifs is 1. The Labute approximate surface area is 427 Å². The lowest BCUT2D eigenvalue weighted by Crippen LogP contribution is -2.31. The summed E-state index contributed by atoms with van der Waals surface area (Å²) in [5.74, 6) is -2.15. The zero-order valence-electron chi connectivity index (χ0n) is 36.9. The molecule has 0 aliphatic carbocycles. The van der Waals surface area contributed by atoms with Gasteiger partial charge in [0.05, 0.1) is 37.5 Å². The van der Waals surface area contributed by atoms with Crippen molar-refractivity contribution in [3.63, 3.8) is 0 Å². The topological polar surface area (TPSA) is 502 Å². The molecular formula is C36H37Cl2N15O17S4. The largest absolute Gasteiger partial charge is 0.505 e. The van der Waals surface area contributed by atoms with Gasteiger partial charge in [-0.25, -0.2) is 0 Å². The first-order valence-electron chi connectivity index (χ1n) is 20.1. The van der Waals surface area contributed by atoms with E-state index in [-0.39, 0.29) is 98.3 Å². The van der Waals surface area contributed by atoms with Crippen LogP contribution in [0.3, 0.4) is 0 Å². The highest BCUT2D eigenvalue weighted by atomic mass is 35.5. The third-order valence-corrected chi connectivity index (χ3v) is 13.5. The molecule has 0 saturated carbocycles. The standard InChI is InChI=1S/C36H37Cl2N15O17S4/c37-31-42-33(46-35(44-31)52(5-9-54)6-10-55)40-18-1-3-22(71(59,60)61)20(15-18)48-50-28-24(73(65,66)67)13-17-14-25(74(68,69)70)29(30(58)26(17)27(28)39)51-49-21-16-19(2-4-23(21)72(62,63)64)41-34-43-32(38)45-36(47-34)53(7-11-56)8-12-57/h1-4,13-16,54-58H,5-12,39H2,(H,59,60,61)(H,62,63,64)(H,65,66,67)(H,68,69,70)(H,40,42,44,46)(H,41,43,45,47)/b50-48+,51-49+. The second-order valence-corrected chi connectivity index (χ2v) is 20.8. The number of halogens is 2. The number of benzene rings is 4. The van der Waals surface area contributed by atoms with Crippen molar-refractivity contribution in [2.24, 2.45) is 20.5 Å². The predicted molar refractivity (Wildman–Crippen MR) is 260 cm³/mol. The summed E-state index contributed by atoms with van der Waals surface area (Å²) in [5, 5.41) is 67.4. The highest BCUT2D eigenvalue weighted by Gasteiger charge is 2.29. The smallest absolute Gasteiger partial charge is 0.296 e. The average molecular weight is 1150 g/mol. The SMILES string of the molecule is Nc1c(/N=N/c2cc(Nc3nc(Cl)nc(N(CCO)CCO)n3)ccc2S(=O)(=O)O)c(S(=O)(=O)O)cc2cc(S(=O)(=O)O)c(/N=N/c3cc(Nc4nc(Cl)nc(N(CCO)CCO)n4)ccc3S(=O)(=O)O)c(O)c12. The van der Waals surface area contributed by atoms with Crippen molar-refractivity contribution >= 4 is 138 Å². The summed E-state index contributed by atoms with van der Waals surface area (Å²) < 4.78 is 142. The van der Waals surface area contributed by atoms with E-state index in [0.717, 1.165) is 36.4 Å². The van der Waals surface area contributed by atoms with Crippen LogP contribution in [0.4, 0.5) is 63.6 Å². The molecule has 0 fully saturated rings. The number of anilines is 7. The number of hydrogen-bond donors (Lipinski definition) is 12. The van der Waals surface area contributed by atoms with E-state index in [2.05, 4.69) is 61.0 Å². The lowest BCUT2D eigenvalue weighted by Gasteiger charge is -2.20. The molecule has 0 bridgehead atoms. The van der Waals surface area contributed by atoms with Crippen molar-refractivity contribution in [1.82, 2.24) is 29.9 Å². The summed E-state index contributed by atoms with van der Waals surface area (Å²) in [6.07, 6.45) is 0. The molecule has 0 radical (unpaired) electrons. The molecular weight excluding hydrogens is 1110 g/mol. The normalized spacial score (nSPS) is 12.5. The summed E-state index contributed by atoms with van der Waals surface area (Å²) in [7, 11) is -21.4. The minimum Gasteiger partial charge on any atom is -0.505 e. The van der Waals surface area contributed by atoms with E-state index in [0.29, 0.717) is 12.1 Å². The molecule has 38 heteroatoms. The molecule has 0 aliphatic heterocycles. The number of azo groups is 2. The number of aliphatic hydroxyl groups excluding tert-OH is 4. The van der Waals surface area contributed by atoms with Crippen molar-refractivity contribution in [1.29, 1.82) is 0 Å². The number of aliphatic hydroxyl groups is 4. The predicted octanol–water partition coefficient (Wildman–Crippen LogP) is 2.69. The maximum atomic E-state index is 12.8. The first kappa shape index (κ1) is 56.5. The van der Waals surface area contributed by atoms with Gasteiger partial charge < -0.3 is 51.7 Å². The van der Waals surface area contributed by atoms with Gasteiger partial charge >= 0.3 is 0 Å². The zero-order chi connectivity index (χ0) is 54.5. The summed E-state index contributed by atoms with van der Waals surface area (Å²) in [6, 6.07) is 6.56. The van der Waals surface area contributed by atoms with Crippen molar-refractivity contribution < 1.29 is 77.4 Å². The van der Waals surface area contributed by atoms with Crippen molar-refractivity contribution in [3.8, 4) is 5.75 Å². The third-order valence-electron chi connectivity index (χ3n) is 9.61. The maximum Gasteiger partial charge on any atom is 0.296 e. The number of aromatic hydroxyl groups is 1. The highest BCUT2D eigenvalue weighted by Crippen LogP contribution is 2.49. The first-order chi connectivity index (χ1) is 34.7. The van der Waals surface area contributed by atoms with Crippen molar-refractivity contribution in [3.05, 3.63) is 59.1 Å². The van der Waals surface area contributed by atoms with Gasteiger partial charge in [0, 0.05) is 37.6 Å². The van der Waals surface area contributed by atoms with E-state index in [1.807, 2.05) is 0 Å². The van der Waals surface area contributed by atoms with E-state index in [4.69, 9.17) is 28.9 Å². The maximum absolute atomic E-state index is 12.8. The molecule has 6 rings (SSSR count). The van der Waals surface area contributed by atoms with E-state index in [1.165, 1.54) is 9.80 Å². The van der Waals surface area contributed by atoms with Crippen LogP contribution >= 0.6 is 23.2 Å². The lowest BCUT2D eigenvalue weighted by molar-refractivity contribution is 0.279. The second-order valence-electron chi connectivity index (χ2n) is 14.5. The Hall–Kier alpha value is -6.78. The van der Waals surface area contributed by atoms with Crippen molar-refractivity contribution in [2.45, 2.75) is 19.6 Å². The Morgan fingerprint density at radius 1 is 0.514 bits per heavy atom. The molecule has 0 atom stereocenters. The molecule has 0 aliphatic rings. The number of phenolic OH excluding ortho intramolecular Hbond substituents is 1. The summed E-state index contributed by atoms with van der Waals surface area (Å²) >= 11 is 12.2. The Balaban J connectivity index is 1.49. The van der Waals surface area contributed by atoms with Gasteiger partial charge in [-0.3, -0.25) is 18.2 Å². The van der Waals surface area contributed by atoms with Gasteiger partial charge in [-0.2, -0.15) is 63.6 Å². The van der Waals surface area contributed by atoms with E-state index in [9.17, 15) is 77.4 Å².